The number of nitrogens with zero attached hydrogens (tertiary/aromatic N) is 4. The van der Waals surface area contributed by atoms with Crippen LogP contribution in [-0.4, -0.2) is 59.3 Å². The van der Waals surface area contributed by atoms with Gasteiger partial charge < -0.3 is 10.1 Å². The smallest absolute Gasteiger partial charge is 0.117 e. The zero-order valence-corrected chi connectivity index (χ0v) is 17.2. The van der Waals surface area contributed by atoms with Gasteiger partial charge in [0.25, 0.3) is 0 Å². The van der Waals surface area contributed by atoms with Crippen LogP contribution < -0.4 is 5.32 Å². The van der Waals surface area contributed by atoms with Gasteiger partial charge in [0.1, 0.15) is 11.4 Å². The fourth-order valence-electron chi connectivity index (χ4n) is 3.46. The summed E-state index contributed by atoms with van der Waals surface area (Å²) in [5.41, 5.74) is 4.04. The fourth-order valence-corrected chi connectivity index (χ4v) is 3.67. The molecular weight excluding hydrogens is 386 g/mol. The maximum atomic E-state index is 6.12. The standard InChI is InChI=1S/C22H26ClN5O/c23-20-8-4-5-18(15-20)17-28-25-21(22(26-28)19-6-2-1-3-7-19)16-24-9-10-27-11-13-29-14-12-27/h1-8,15,24H,9-14,16-17H2. The van der Waals surface area contributed by atoms with Gasteiger partial charge >= 0.3 is 0 Å². The van der Waals surface area contributed by atoms with E-state index in [9.17, 15) is 0 Å². The van der Waals surface area contributed by atoms with Crippen LogP contribution in [0.3, 0.4) is 0 Å². The Morgan fingerprint density at radius 3 is 2.62 bits per heavy atom. The number of ether oxygens (including phenoxy) is 1. The molecule has 6 nitrogen and oxygen atoms in total. The van der Waals surface area contributed by atoms with E-state index in [0.717, 1.165) is 66.9 Å². The van der Waals surface area contributed by atoms with Gasteiger partial charge in [0.2, 0.25) is 0 Å². The quantitative estimate of drug-likeness (QED) is 0.577. The molecule has 3 aromatic rings. The van der Waals surface area contributed by atoms with E-state index < -0.39 is 0 Å². The van der Waals surface area contributed by atoms with Gasteiger partial charge in [-0.15, -0.1) is 0 Å². The third-order valence-electron chi connectivity index (χ3n) is 4.99. The molecule has 1 aromatic heterocycles. The zero-order chi connectivity index (χ0) is 19.9. The Bertz CT molecular complexity index is 909. The molecule has 0 atom stereocenters. The summed E-state index contributed by atoms with van der Waals surface area (Å²) in [6.07, 6.45) is 0. The lowest BCUT2D eigenvalue weighted by Crippen LogP contribution is -2.40. The molecule has 1 fully saturated rings. The van der Waals surface area contributed by atoms with E-state index >= 15 is 0 Å². The first-order chi connectivity index (χ1) is 14.3. The lowest BCUT2D eigenvalue weighted by Gasteiger charge is -2.26. The molecule has 7 heteroatoms. The highest BCUT2D eigenvalue weighted by Crippen LogP contribution is 2.20. The molecule has 0 bridgehead atoms. The lowest BCUT2D eigenvalue weighted by atomic mass is 10.1. The van der Waals surface area contributed by atoms with Crippen LogP contribution in [0.4, 0.5) is 0 Å². The van der Waals surface area contributed by atoms with Crippen molar-refractivity contribution in [2.75, 3.05) is 39.4 Å². The van der Waals surface area contributed by atoms with Crippen LogP contribution in [0.1, 0.15) is 11.3 Å². The zero-order valence-electron chi connectivity index (χ0n) is 16.4. The average Bonchev–Trinajstić information content (AvgIpc) is 3.15. The molecule has 0 radical (unpaired) electrons. The molecule has 0 amide bonds. The molecule has 0 saturated carbocycles. The van der Waals surface area contributed by atoms with Crippen LogP contribution in [0.15, 0.2) is 54.6 Å². The van der Waals surface area contributed by atoms with Crippen molar-refractivity contribution in [3.63, 3.8) is 0 Å². The van der Waals surface area contributed by atoms with Gasteiger partial charge in [-0.3, -0.25) is 4.90 Å². The summed E-state index contributed by atoms with van der Waals surface area (Å²) < 4.78 is 5.41. The van der Waals surface area contributed by atoms with E-state index in [-0.39, 0.29) is 0 Å². The molecule has 2 aromatic carbocycles. The first-order valence-electron chi connectivity index (χ1n) is 10.0. The molecule has 2 heterocycles. The van der Waals surface area contributed by atoms with E-state index in [0.29, 0.717) is 13.1 Å². The van der Waals surface area contributed by atoms with E-state index in [4.69, 9.17) is 26.5 Å². The number of rotatable bonds is 8. The average molecular weight is 412 g/mol. The van der Waals surface area contributed by atoms with Crippen LogP contribution in [0.2, 0.25) is 5.02 Å². The summed E-state index contributed by atoms with van der Waals surface area (Å²) in [5.74, 6) is 0. The van der Waals surface area contributed by atoms with Crippen molar-refractivity contribution in [3.8, 4) is 11.3 Å². The fraction of sp³-hybridized carbons (Fsp3) is 0.364. The van der Waals surface area contributed by atoms with Crippen molar-refractivity contribution >= 4 is 11.6 Å². The van der Waals surface area contributed by atoms with Crippen LogP contribution >= 0.6 is 11.6 Å². The summed E-state index contributed by atoms with van der Waals surface area (Å²) in [6.45, 7) is 6.87. The predicted octanol–water partition coefficient (Wildman–Crippen LogP) is 3.07. The van der Waals surface area contributed by atoms with Crippen LogP contribution in [0.5, 0.6) is 0 Å². The molecule has 29 heavy (non-hydrogen) atoms. The molecule has 1 N–H and O–H groups in total. The Hall–Kier alpha value is -2.25. The molecular formula is C22H26ClN5O. The maximum Gasteiger partial charge on any atom is 0.117 e. The summed E-state index contributed by atoms with van der Waals surface area (Å²) in [6, 6.07) is 18.0. The topological polar surface area (TPSA) is 55.2 Å². The highest BCUT2D eigenvalue weighted by molar-refractivity contribution is 6.30. The SMILES string of the molecule is Clc1cccc(Cn2nc(CNCCN3CCOCC3)c(-c3ccccc3)n2)c1. The third kappa shape index (κ3) is 5.64. The van der Waals surface area contributed by atoms with Gasteiger partial charge in [0.15, 0.2) is 0 Å². The third-order valence-corrected chi connectivity index (χ3v) is 5.22. The Balaban J connectivity index is 1.44. The van der Waals surface area contributed by atoms with Crippen molar-refractivity contribution < 1.29 is 4.74 Å². The van der Waals surface area contributed by atoms with Gasteiger partial charge in [0.05, 0.1) is 19.8 Å². The lowest BCUT2D eigenvalue weighted by molar-refractivity contribution is 0.0384. The molecule has 1 aliphatic rings. The second-order valence-corrected chi connectivity index (χ2v) is 7.59. The minimum Gasteiger partial charge on any atom is -0.379 e. The Labute approximate surface area is 176 Å². The monoisotopic (exact) mass is 411 g/mol. The minimum absolute atomic E-state index is 0.591. The number of hydrogen-bond donors (Lipinski definition) is 1. The van der Waals surface area contributed by atoms with Gasteiger partial charge in [-0.25, -0.2) is 0 Å². The highest BCUT2D eigenvalue weighted by atomic mass is 35.5. The number of halogens is 1. The molecule has 0 unspecified atom stereocenters. The number of morpholine rings is 1. The largest absolute Gasteiger partial charge is 0.379 e. The van der Waals surface area contributed by atoms with Crippen molar-refractivity contribution in [3.05, 3.63) is 70.9 Å². The number of aromatic nitrogens is 3. The first kappa shape index (κ1) is 20.0. The van der Waals surface area contributed by atoms with Crippen LogP contribution in [0.25, 0.3) is 11.3 Å². The summed E-state index contributed by atoms with van der Waals surface area (Å²) in [7, 11) is 0. The molecule has 0 aliphatic carbocycles. The summed E-state index contributed by atoms with van der Waals surface area (Å²) in [4.78, 5) is 4.18. The molecule has 0 spiro atoms. The van der Waals surface area contributed by atoms with Crippen molar-refractivity contribution in [1.82, 2.24) is 25.2 Å². The molecule has 152 valence electrons. The van der Waals surface area contributed by atoms with Crippen molar-refractivity contribution in [2.24, 2.45) is 0 Å². The second kappa shape index (κ2) is 9.98. The van der Waals surface area contributed by atoms with Crippen LogP contribution in [0, 0.1) is 0 Å². The number of benzene rings is 2. The second-order valence-electron chi connectivity index (χ2n) is 7.15. The minimum atomic E-state index is 0.591. The Morgan fingerprint density at radius 1 is 1.00 bits per heavy atom. The van der Waals surface area contributed by atoms with E-state index in [1.54, 1.807) is 4.80 Å². The van der Waals surface area contributed by atoms with Gasteiger partial charge in [-0.2, -0.15) is 15.0 Å². The van der Waals surface area contributed by atoms with Gasteiger partial charge in [-0.1, -0.05) is 54.1 Å². The summed E-state index contributed by atoms with van der Waals surface area (Å²) in [5, 5.41) is 13.8. The highest BCUT2D eigenvalue weighted by Gasteiger charge is 2.14. The first-order valence-corrected chi connectivity index (χ1v) is 10.4. The Kier molecular flexibility index (Phi) is 6.90. The van der Waals surface area contributed by atoms with Gasteiger partial charge in [-0.05, 0) is 17.7 Å². The normalized spacial score (nSPS) is 14.9. The molecule has 4 rings (SSSR count). The Morgan fingerprint density at radius 2 is 1.83 bits per heavy atom. The maximum absolute atomic E-state index is 6.12. The van der Waals surface area contributed by atoms with Crippen molar-refractivity contribution in [2.45, 2.75) is 13.1 Å². The number of hydrogen-bond acceptors (Lipinski definition) is 5. The van der Waals surface area contributed by atoms with Crippen molar-refractivity contribution in [1.29, 1.82) is 0 Å². The summed E-state index contributed by atoms with van der Waals surface area (Å²) >= 11 is 6.12. The molecule has 1 saturated heterocycles. The van der Waals surface area contributed by atoms with E-state index in [1.807, 2.05) is 42.5 Å². The van der Waals surface area contributed by atoms with Crippen LogP contribution in [-0.2, 0) is 17.8 Å². The van der Waals surface area contributed by atoms with Gasteiger partial charge in [0, 0.05) is 43.3 Å². The predicted molar refractivity (Wildman–Crippen MR) is 115 cm³/mol. The molecule has 1 aliphatic heterocycles. The number of nitrogens with one attached hydrogen (secondary N) is 1. The van der Waals surface area contributed by atoms with E-state index in [2.05, 4.69) is 22.3 Å². The van der Waals surface area contributed by atoms with E-state index in [1.165, 1.54) is 0 Å².